The molecule has 0 bridgehead atoms. The van der Waals surface area contributed by atoms with Crippen LogP contribution in [0.3, 0.4) is 0 Å². The number of aromatic nitrogens is 1. The van der Waals surface area contributed by atoms with Crippen LogP contribution in [0, 0.1) is 0 Å². The summed E-state index contributed by atoms with van der Waals surface area (Å²) in [6.07, 6.45) is 5.88. The maximum atomic E-state index is 13.9. The molecule has 2 atom stereocenters. The Balaban J connectivity index is 1.01. The minimum absolute atomic E-state index is 0.0549. The number of amides is 1. The summed E-state index contributed by atoms with van der Waals surface area (Å²) in [5.74, 6) is 0.817. The van der Waals surface area contributed by atoms with Crippen LogP contribution in [0.5, 0.6) is 0 Å². The van der Waals surface area contributed by atoms with Gasteiger partial charge in [-0.25, -0.2) is 0 Å². The van der Waals surface area contributed by atoms with Crippen molar-refractivity contribution in [2.24, 2.45) is 0 Å². The van der Waals surface area contributed by atoms with Crippen molar-refractivity contribution in [2.75, 3.05) is 42.5 Å². The van der Waals surface area contributed by atoms with Gasteiger partial charge in [0, 0.05) is 73.7 Å². The highest BCUT2D eigenvalue weighted by Gasteiger charge is 2.35. The number of hydrogen-bond acceptors (Lipinski definition) is 5. The van der Waals surface area contributed by atoms with Crippen LogP contribution in [0.2, 0.25) is 0 Å². The van der Waals surface area contributed by atoms with Crippen LogP contribution in [0.15, 0.2) is 97.1 Å². The lowest BCUT2D eigenvalue weighted by atomic mass is 9.94. The predicted octanol–water partition coefficient (Wildman–Crippen LogP) is 5.49. The monoisotopic (exact) mass is 548 g/mol. The summed E-state index contributed by atoms with van der Waals surface area (Å²) in [6.45, 7) is 4.76. The molecule has 0 radical (unpaired) electrons. The van der Waals surface area contributed by atoms with Crippen molar-refractivity contribution in [2.45, 2.75) is 38.0 Å². The van der Waals surface area contributed by atoms with Gasteiger partial charge in [0.1, 0.15) is 18.4 Å². The second-order valence-electron chi connectivity index (χ2n) is 11.2. The number of benzene rings is 3. The number of rotatable bonds is 7. The molecule has 210 valence electrons. The van der Waals surface area contributed by atoms with Gasteiger partial charge >= 0.3 is 0 Å². The molecular weight excluding hydrogens is 512 g/mol. The number of aryl methyl sites for hydroxylation is 1. The minimum atomic E-state index is -0.587. The lowest BCUT2D eigenvalue weighted by Gasteiger charge is -2.42. The van der Waals surface area contributed by atoms with E-state index in [1.165, 1.54) is 22.2 Å². The third-order valence-electron chi connectivity index (χ3n) is 8.58. The molecule has 4 heterocycles. The topological polar surface area (TPSA) is 61.0 Å². The van der Waals surface area contributed by atoms with Crippen LogP contribution in [-0.4, -0.2) is 60.8 Å². The molecule has 1 amide bonds. The van der Waals surface area contributed by atoms with Crippen molar-refractivity contribution in [3.05, 3.63) is 108 Å². The van der Waals surface area contributed by atoms with E-state index in [-0.39, 0.29) is 18.4 Å². The Morgan fingerprint density at radius 3 is 2.56 bits per heavy atom. The number of carbonyl (C=O) groups is 1. The number of H-pyrrole nitrogens is 1. The van der Waals surface area contributed by atoms with Gasteiger partial charge in [-0.3, -0.25) is 9.69 Å². The first-order valence-corrected chi connectivity index (χ1v) is 14.7. The zero-order chi connectivity index (χ0) is 27.6. The zero-order valence-corrected chi connectivity index (χ0v) is 23.2. The summed E-state index contributed by atoms with van der Waals surface area (Å²) < 4.78 is 11.9. The Hall–Kier alpha value is -4.23. The molecule has 0 aliphatic carbocycles. The molecule has 1 saturated heterocycles. The molecule has 7 heteroatoms. The van der Waals surface area contributed by atoms with Gasteiger partial charge < -0.3 is 24.3 Å². The quantitative estimate of drug-likeness (QED) is 0.331. The standard InChI is InChI=1S/C34H36N4O3/c39-33(22-34-40-24-28(41-34)21-25-7-2-1-3-8-25)38-27(14-13-26-9-4-5-11-31(26)38)23-36-17-19-37(20-18-36)32-12-6-10-30-29(32)15-16-35-30/h1-12,15-16,24,27,34-35H,13-14,17-23H2. The van der Waals surface area contributed by atoms with Gasteiger partial charge in [-0.05, 0) is 48.2 Å². The number of nitrogens with one attached hydrogen (secondary N) is 1. The average molecular weight is 549 g/mol. The molecular formula is C34H36N4O3. The predicted molar refractivity (Wildman–Crippen MR) is 162 cm³/mol. The van der Waals surface area contributed by atoms with Crippen LogP contribution in [0.25, 0.3) is 10.9 Å². The molecule has 1 fully saturated rings. The second kappa shape index (κ2) is 11.3. The molecule has 1 aromatic heterocycles. The first-order valence-electron chi connectivity index (χ1n) is 14.7. The van der Waals surface area contributed by atoms with E-state index >= 15 is 0 Å². The smallest absolute Gasteiger partial charge is 0.248 e. The van der Waals surface area contributed by atoms with E-state index in [4.69, 9.17) is 9.47 Å². The maximum Gasteiger partial charge on any atom is 0.248 e. The summed E-state index contributed by atoms with van der Waals surface area (Å²) in [5, 5.41) is 1.28. The molecule has 3 aliphatic rings. The van der Waals surface area contributed by atoms with Crippen molar-refractivity contribution in [3.8, 4) is 0 Å². The number of allylic oxidation sites excluding steroid dienone is 1. The normalized spacial score (nSPS) is 20.8. The Labute approximate surface area is 241 Å². The van der Waals surface area contributed by atoms with Crippen molar-refractivity contribution in [1.29, 1.82) is 0 Å². The molecule has 7 rings (SSSR count). The van der Waals surface area contributed by atoms with Gasteiger partial charge in [-0.15, -0.1) is 0 Å². The summed E-state index contributed by atoms with van der Waals surface area (Å²) in [4.78, 5) is 24.3. The summed E-state index contributed by atoms with van der Waals surface area (Å²) in [5.41, 5.74) is 5.89. The highest BCUT2D eigenvalue weighted by Crippen LogP contribution is 2.33. The molecule has 7 nitrogen and oxygen atoms in total. The summed E-state index contributed by atoms with van der Waals surface area (Å²) >= 11 is 0. The van der Waals surface area contributed by atoms with Gasteiger partial charge in [0.25, 0.3) is 0 Å². The number of hydrogen-bond donors (Lipinski definition) is 1. The van der Waals surface area contributed by atoms with E-state index in [1.807, 2.05) is 35.4 Å². The van der Waals surface area contributed by atoms with Gasteiger partial charge in [0.05, 0.1) is 0 Å². The van der Waals surface area contributed by atoms with Gasteiger partial charge in [0.2, 0.25) is 12.2 Å². The van der Waals surface area contributed by atoms with E-state index in [0.29, 0.717) is 6.42 Å². The third kappa shape index (κ3) is 5.42. The maximum absolute atomic E-state index is 13.9. The minimum Gasteiger partial charge on any atom is -0.458 e. The number of anilines is 2. The second-order valence-corrected chi connectivity index (χ2v) is 11.2. The van der Waals surface area contributed by atoms with Crippen molar-refractivity contribution in [1.82, 2.24) is 9.88 Å². The number of para-hydroxylation sites is 1. The Morgan fingerprint density at radius 2 is 1.68 bits per heavy atom. The van der Waals surface area contributed by atoms with E-state index in [9.17, 15) is 4.79 Å². The number of aromatic amines is 1. The van der Waals surface area contributed by atoms with Crippen LogP contribution >= 0.6 is 0 Å². The lowest BCUT2D eigenvalue weighted by molar-refractivity contribution is -0.126. The van der Waals surface area contributed by atoms with E-state index in [0.717, 1.165) is 62.6 Å². The molecule has 2 unspecified atom stereocenters. The Kier molecular flexibility index (Phi) is 7.11. The summed E-state index contributed by atoms with van der Waals surface area (Å²) in [6, 6.07) is 27.3. The van der Waals surface area contributed by atoms with E-state index in [1.54, 1.807) is 6.26 Å². The van der Waals surface area contributed by atoms with E-state index in [2.05, 4.69) is 69.4 Å². The van der Waals surface area contributed by atoms with Gasteiger partial charge in [-0.1, -0.05) is 54.6 Å². The molecule has 3 aromatic carbocycles. The van der Waals surface area contributed by atoms with Crippen molar-refractivity contribution in [3.63, 3.8) is 0 Å². The molecule has 3 aliphatic heterocycles. The number of nitrogens with zero attached hydrogens (tertiary/aromatic N) is 3. The van der Waals surface area contributed by atoms with Gasteiger partial charge in [0.15, 0.2) is 0 Å². The van der Waals surface area contributed by atoms with Crippen LogP contribution < -0.4 is 9.80 Å². The fraction of sp³-hybridized carbons (Fsp3) is 0.324. The summed E-state index contributed by atoms with van der Waals surface area (Å²) in [7, 11) is 0. The van der Waals surface area contributed by atoms with Crippen LogP contribution in [0.1, 0.15) is 24.0 Å². The molecule has 1 N–H and O–H groups in total. The molecule has 41 heavy (non-hydrogen) atoms. The number of ether oxygens (including phenoxy) is 2. The SMILES string of the molecule is O=C(CC1OC=C(Cc2ccccc2)O1)N1c2ccccc2CCC1CN1CCN(c2cccc3[nH]ccc23)CC1. The Morgan fingerprint density at radius 1 is 0.878 bits per heavy atom. The van der Waals surface area contributed by atoms with Crippen LogP contribution in [-0.2, 0) is 27.1 Å². The first kappa shape index (κ1) is 25.7. The first-order chi connectivity index (χ1) is 20.2. The molecule has 4 aromatic rings. The van der Waals surface area contributed by atoms with Crippen LogP contribution in [0.4, 0.5) is 11.4 Å². The van der Waals surface area contributed by atoms with E-state index < -0.39 is 6.29 Å². The third-order valence-corrected chi connectivity index (χ3v) is 8.58. The van der Waals surface area contributed by atoms with Crippen molar-refractivity contribution < 1.29 is 14.3 Å². The molecule has 0 spiro atoms. The van der Waals surface area contributed by atoms with Gasteiger partial charge in [-0.2, -0.15) is 0 Å². The van der Waals surface area contributed by atoms with Crippen molar-refractivity contribution >= 4 is 28.2 Å². The largest absolute Gasteiger partial charge is 0.458 e. The number of piperazine rings is 1. The number of carbonyl (C=O) groups excluding carboxylic acids is 1. The highest BCUT2D eigenvalue weighted by atomic mass is 16.7. The fourth-order valence-electron chi connectivity index (χ4n) is 6.52. The number of fused-ring (bicyclic) bond motifs is 2. The highest BCUT2D eigenvalue weighted by molar-refractivity contribution is 5.95. The average Bonchev–Trinajstić information content (AvgIpc) is 3.67. The zero-order valence-electron chi connectivity index (χ0n) is 23.2. The fourth-order valence-corrected chi connectivity index (χ4v) is 6.52. The Bertz CT molecular complexity index is 1540. The lowest BCUT2D eigenvalue weighted by Crippen LogP contribution is -2.54. The molecule has 0 saturated carbocycles.